The molecule has 0 bridgehead atoms. The quantitative estimate of drug-likeness (QED) is 0.867. The van der Waals surface area contributed by atoms with Crippen molar-refractivity contribution >= 4 is 5.91 Å². The van der Waals surface area contributed by atoms with Crippen LogP contribution >= 0.6 is 0 Å². The summed E-state index contributed by atoms with van der Waals surface area (Å²) in [5, 5.41) is 10.5. The van der Waals surface area contributed by atoms with E-state index in [1.165, 1.54) is 24.0 Å². The molecule has 0 spiro atoms. The Hall–Kier alpha value is -1.39. The molecule has 3 N–H and O–H groups in total. The van der Waals surface area contributed by atoms with Crippen LogP contribution in [0.5, 0.6) is 0 Å². The molecule has 0 radical (unpaired) electrons. The highest BCUT2D eigenvalue weighted by atomic mass is 16.3. The van der Waals surface area contributed by atoms with Gasteiger partial charge in [0.25, 0.3) is 0 Å². The van der Waals surface area contributed by atoms with Gasteiger partial charge in [-0.2, -0.15) is 0 Å². The first kappa shape index (κ1) is 14.5. The van der Waals surface area contributed by atoms with E-state index in [9.17, 15) is 9.90 Å². The van der Waals surface area contributed by atoms with Gasteiger partial charge in [-0.3, -0.25) is 9.69 Å². The van der Waals surface area contributed by atoms with E-state index in [-0.39, 0.29) is 6.42 Å². The number of nitrogens with zero attached hydrogens (tertiary/aromatic N) is 1. The Morgan fingerprint density at radius 2 is 2.14 bits per heavy atom. The molecule has 0 aromatic heterocycles. The molecule has 114 valence electrons. The van der Waals surface area contributed by atoms with Gasteiger partial charge in [0, 0.05) is 13.1 Å². The molecule has 4 heteroatoms. The molecule has 1 aliphatic heterocycles. The van der Waals surface area contributed by atoms with Crippen molar-refractivity contribution in [3.05, 3.63) is 35.4 Å². The third kappa shape index (κ3) is 3.63. The molecule has 2 aliphatic rings. The minimum atomic E-state index is -0.946. The fraction of sp³-hybridized carbons (Fsp3) is 0.588. The number of amides is 1. The highest BCUT2D eigenvalue weighted by Crippen LogP contribution is 2.42. The van der Waals surface area contributed by atoms with E-state index in [4.69, 9.17) is 5.73 Å². The van der Waals surface area contributed by atoms with Gasteiger partial charge in [-0.25, -0.2) is 0 Å². The van der Waals surface area contributed by atoms with Gasteiger partial charge in [-0.15, -0.1) is 0 Å². The van der Waals surface area contributed by atoms with Crippen molar-refractivity contribution in [3.63, 3.8) is 0 Å². The van der Waals surface area contributed by atoms with E-state index in [1.54, 1.807) is 0 Å². The van der Waals surface area contributed by atoms with Gasteiger partial charge in [-0.1, -0.05) is 24.3 Å². The van der Waals surface area contributed by atoms with Gasteiger partial charge in [0.15, 0.2) is 0 Å². The third-order valence-corrected chi connectivity index (χ3v) is 4.60. The van der Waals surface area contributed by atoms with E-state index in [1.807, 2.05) is 0 Å². The molecule has 1 aromatic carbocycles. The number of primary amides is 1. The minimum Gasteiger partial charge on any atom is -0.388 e. The summed E-state index contributed by atoms with van der Waals surface area (Å²) in [6.07, 6.45) is 4.23. The van der Waals surface area contributed by atoms with Gasteiger partial charge < -0.3 is 10.8 Å². The van der Waals surface area contributed by atoms with Crippen LogP contribution in [0.1, 0.15) is 49.1 Å². The van der Waals surface area contributed by atoms with Crippen molar-refractivity contribution in [2.45, 2.75) is 50.2 Å². The summed E-state index contributed by atoms with van der Waals surface area (Å²) in [5.41, 5.74) is 7.14. The molecule has 4 nitrogen and oxygen atoms in total. The van der Waals surface area contributed by atoms with E-state index < -0.39 is 11.5 Å². The third-order valence-electron chi connectivity index (χ3n) is 4.60. The molecule has 1 saturated carbocycles. The second-order valence-corrected chi connectivity index (χ2v) is 6.65. The highest BCUT2D eigenvalue weighted by Gasteiger charge is 2.35. The number of likely N-dealkylation sites (tertiary alicyclic amines) is 1. The number of hydrogen-bond donors (Lipinski definition) is 2. The second kappa shape index (κ2) is 5.78. The number of hydrogen-bond acceptors (Lipinski definition) is 3. The molecule has 1 aliphatic carbocycles. The molecular formula is C17H24N2O2. The summed E-state index contributed by atoms with van der Waals surface area (Å²) in [7, 11) is 0. The topological polar surface area (TPSA) is 66.6 Å². The van der Waals surface area contributed by atoms with Gasteiger partial charge in [0.1, 0.15) is 0 Å². The molecule has 2 fully saturated rings. The standard InChI is InChI=1S/C17H24N2O2/c18-16(20)10-17(21)8-3-9-19(12-17)11-14-4-1-2-5-15(14)13-6-7-13/h1-2,4-5,13,21H,3,6-12H2,(H2,18,20). The molecule has 1 unspecified atom stereocenters. The van der Waals surface area contributed by atoms with E-state index in [0.29, 0.717) is 13.0 Å². The number of benzene rings is 1. The van der Waals surface area contributed by atoms with Gasteiger partial charge >= 0.3 is 0 Å². The van der Waals surface area contributed by atoms with Crippen LogP contribution in [-0.4, -0.2) is 34.6 Å². The predicted octanol–water partition coefficient (Wildman–Crippen LogP) is 1.77. The zero-order valence-corrected chi connectivity index (χ0v) is 12.4. The van der Waals surface area contributed by atoms with Gasteiger partial charge in [-0.05, 0) is 49.3 Å². The lowest BCUT2D eigenvalue weighted by atomic mass is 9.89. The maximum Gasteiger partial charge on any atom is 0.220 e. The lowest BCUT2D eigenvalue weighted by Gasteiger charge is -2.39. The Labute approximate surface area is 125 Å². The normalized spacial score (nSPS) is 26.7. The SMILES string of the molecule is NC(=O)CC1(O)CCCN(Cc2ccccc2C2CC2)C1. The van der Waals surface area contributed by atoms with E-state index >= 15 is 0 Å². The van der Waals surface area contributed by atoms with Crippen molar-refractivity contribution in [2.24, 2.45) is 5.73 Å². The average molecular weight is 288 g/mol. The summed E-state index contributed by atoms with van der Waals surface area (Å²) in [6.45, 7) is 2.36. The van der Waals surface area contributed by atoms with Crippen molar-refractivity contribution in [1.82, 2.24) is 4.90 Å². The molecule has 1 heterocycles. The van der Waals surface area contributed by atoms with Crippen molar-refractivity contribution < 1.29 is 9.90 Å². The first-order chi connectivity index (χ1) is 10.1. The Morgan fingerprint density at radius 3 is 2.86 bits per heavy atom. The number of β-amino-alcohol motifs (C(OH)–C–C–N with tert-alkyl or cyclic N) is 1. The van der Waals surface area contributed by atoms with Crippen molar-refractivity contribution in [2.75, 3.05) is 13.1 Å². The lowest BCUT2D eigenvalue weighted by Crippen LogP contribution is -2.49. The first-order valence-electron chi connectivity index (χ1n) is 7.87. The first-order valence-corrected chi connectivity index (χ1v) is 7.87. The van der Waals surface area contributed by atoms with Crippen LogP contribution in [0.4, 0.5) is 0 Å². The zero-order valence-electron chi connectivity index (χ0n) is 12.4. The molecule has 21 heavy (non-hydrogen) atoms. The largest absolute Gasteiger partial charge is 0.388 e. The molecule has 1 aromatic rings. The fourth-order valence-electron chi connectivity index (χ4n) is 3.52. The fourth-order valence-corrected chi connectivity index (χ4v) is 3.52. The zero-order chi connectivity index (χ0) is 14.9. The van der Waals surface area contributed by atoms with Gasteiger partial charge in [0.2, 0.25) is 5.91 Å². The maximum absolute atomic E-state index is 11.1. The number of piperidine rings is 1. The summed E-state index contributed by atoms with van der Waals surface area (Å²) < 4.78 is 0. The molecular weight excluding hydrogens is 264 g/mol. The number of carbonyl (C=O) groups is 1. The number of nitrogens with two attached hydrogens (primary N) is 1. The molecule has 1 saturated heterocycles. The average Bonchev–Trinajstić information content (AvgIpc) is 3.22. The Morgan fingerprint density at radius 1 is 1.38 bits per heavy atom. The summed E-state index contributed by atoms with van der Waals surface area (Å²) in [5.74, 6) is 0.313. The Bertz CT molecular complexity index is 527. The maximum atomic E-state index is 11.1. The van der Waals surface area contributed by atoms with Crippen molar-refractivity contribution in [1.29, 1.82) is 0 Å². The van der Waals surface area contributed by atoms with Crippen LogP contribution in [-0.2, 0) is 11.3 Å². The van der Waals surface area contributed by atoms with Crippen LogP contribution in [0.15, 0.2) is 24.3 Å². The molecule has 3 rings (SSSR count). The monoisotopic (exact) mass is 288 g/mol. The number of aliphatic hydroxyl groups is 1. The summed E-state index contributed by atoms with van der Waals surface area (Å²) >= 11 is 0. The van der Waals surface area contributed by atoms with Crippen molar-refractivity contribution in [3.8, 4) is 0 Å². The second-order valence-electron chi connectivity index (χ2n) is 6.65. The smallest absolute Gasteiger partial charge is 0.220 e. The van der Waals surface area contributed by atoms with Crippen LogP contribution < -0.4 is 5.73 Å². The molecule has 1 amide bonds. The number of rotatable bonds is 5. The number of carbonyl (C=O) groups excluding carboxylic acids is 1. The van der Waals surface area contributed by atoms with Gasteiger partial charge in [0.05, 0.1) is 12.0 Å². The molecule has 1 atom stereocenters. The van der Waals surface area contributed by atoms with Crippen LogP contribution in [0.3, 0.4) is 0 Å². The Kier molecular flexibility index (Phi) is 4.00. The van der Waals surface area contributed by atoms with E-state index in [2.05, 4.69) is 29.2 Å². The Balaban J connectivity index is 1.69. The van der Waals surface area contributed by atoms with Crippen LogP contribution in [0.25, 0.3) is 0 Å². The lowest BCUT2D eigenvalue weighted by molar-refractivity contribution is -0.125. The highest BCUT2D eigenvalue weighted by molar-refractivity contribution is 5.75. The van der Waals surface area contributed by atoms with E-state index in [0.717, 1.165) is 25.4 Å². The predicted molar refractivity (Wildman–Crippen MR) is 81.7 cm³/mol. The minimum absolute atomic E-state index is 0.0633. The summed E-state index contributed by atoms with van der Waals surface area (Å²) in [4.78, 5) is 13.4. The summed E-state index contributed by atoms with van der Waals surface area (Å²) in [6, 6.07) is 8.61. The van der Waals surface area contributed by atoms with Crippen LogP contribution in [0, 0.1) is 0 Å². The van der Waals surface area contributed by atoms with Crippen LogP contribution in [0.2, 0.25) is 0 Å².